The minimum atomic E-state index is -0.960. The van der Waals surface area contributed by atoms with Crippen molar-refractivity contribution in [2.75, 3.05) is 5.32 Å². The van der Waals surface area contributed by atoms with Crippen LogP contribution in [0, 0.1) is 6.92 Å². The Bertz CT molecular complexity index is 923. The normalized spacial score (nSPS) is 11.7. The predicted molar refractivity (Wildman–Crippen MR) is 104 cm³/mol. The second kappa shape index (κ2) is 8.55. The summed E-state index contributed by atoms with van der Waals surface area (Å²) in [5, 5.41) is 15.1. The molecule has 0 spiro atoms. The van der Waals surface area contributed by atoms with Gasteiger partial charge in [-0.05, 0) is 30.2 Å². The molecule has 27 heavy (non-hydrogen) atoms. The largest absolute Gasteiger partial charge is 0.478 e. The average molecular weight is 382 g/mol. The third-order valence-electron chi connectivity index (χ3n) is 3.84. The van der Waals surface area contributed by atoms with Crippen LogP contribution < -0.4 is 5.32 Å². The molecular weight excluding hydrogens is 364 g/mol. The van der Waals surface area contributed by atoms with Crippen LogP contribution >= 0.6 is 11.8 Å². The lowest BCUT2D eigenvalue weighted by Crippen LogP contribution is -2.19. The molecule has 0 aliphatic heterocycles. The standard InChI is InChI=1S/C20H18N2O4S/c1-13-11-17(22-26-13)21-19(23)18(15-5-3-2-4-6-15)27-12-14-7-9-16(10-8-14)20(24)25/h2-11,18H,12H2,1H3,(H,24,25)(H,21,22,23). The second-order valence-corrected chi connectivity index (χ2v) is 7.01. The molecule has 1 aromatic heterocycles. The molecule has 3 aromatic rings. The first kappa shape index (κ1) is 18.7. The van der Waals surface area contributed by atoms with Crippen molar-refractivity contribution < 1.29 is 19.2 Å². The summed E-state index contributed by atoms with van der Waals surface area (Å²) in [6, 6.07) is 17.8. The van der Waals surface area contributed by atoms with Crippen molar-refractivity contribution in [2.45, 2.75) is 17.9 Å². The van der Waals surface area contributed by atoms with Gasteiger partial charge in [-0.3, -0.25) is 4.79 Å². The quantitative estimate of drug-likeness (QED) is 0.633. The number of nitrogens with zero attached hydrogens (tertiary/aromatic N) is 1. The molecule has 1 amide bonds. The van der Waals surface area contributed by atoms with E-state index in [2.05, 4.69) is 10.5 Å². The summed E-state index contributed by atoms with van der Waals surface area (Å²) < 4.78 is 4.99. The number of aryl methyl sites for hydroxylation is 1. The zero-order valence-corrected chi connectivity index (χ0v) is 15.4. The first-order chi connectivity index (χ1) is 13.0. The number of anilines is 1. The summed E-state index contributed by atoms with van der Waals surface area (Å²) in [6.07, 6.45) is 0. The van der Waals surface area contributed by atoms with Crippen LogP contribution in [0.15, 0.2) is 65.2 Å². The SMILES string of the molecule is Cc1cc(NC(=O)C(SCc2ccc(C(=O)O)cc2)c2ccccc2)no1. The summed E-state index contributed by atoms with van der Waals surface area (Å²) in [4.78, 5) is 23.8. The van der Waals surface area contributed by atoms with E-state index in [1.54, 1.807) is 37.3 Å². The van der Waals surface area contributed by atoms with Crippen molar-refractivity contribution >= 4 is 29.5 Å². The highest BCUT2D eigenvalue weighted by molar-refractivity contribution is 7.99. The molecule has 0 radical (unpaired) electrons. The predicted octanol–water partition coefficient (Wildman–Crippen LogP) is 4.29. The van der Waals surface area contributed by atoms with E-state index < -0.39 is 11.2 Å². The number of hydrogen-bond acceptors (Lipinski definition) is 5. The van der Waals surface area contributed by atoms with E-state index in [1.165, 1.54) is 11.8 Å². The third-order valence-corrected chi connectivity index (χ3v) is 5.16. The Labute approximate surface area is 160 Å². The maximum absolute atomic E-state index is 12.8. The highest BCUT2D eigenvalue weighted by Gasteiger charge is 2.22. The van der Waals surface area contributed by atoms with Crippen LogP contribution in [0.1, 0.15) is 32.5 Å². The van der Waals surface area contributed by atoms with Gasteiger partial charge in [-0.25, -0.2) is 4.79 Å². The van der Waals surface area contributed by atoms with Gasteiger partial charge >= 0.3 is 5.97 Å². The van der Waals surface area contributed by atoms with E-state index in [0.717, 1.165) is 11.1 Å². The summed E-state index contributed by atoms with van der Waals surface area (Å²) in [5.41, 5.74) is 2.06. The minimum absolute atomic E-state index is 0.193. The highest BCUT2D eigenvalue weighted by Crippen LogP contribution is 2.33. The van der Waals surface area contributed by atoms with E-state index >= 15 is 0 Å². The van der Waals surface area contributed by atoms with Crippen LogP contribution in [0.5, 0.6) is 0 Å². The van der Waals surface area contributed by atoms with Gasteiger partial charge in [0, 0.05) is 11.8 Å². The summed E-state index contributed by atoms with van der Waals surface area (Å²) in [5.74, 6) is 0.406. The summed E-state index contributed by atoms with van der Waals surface area (Å²) in [7, 11) is 0. The molecule has 3 rings (SSSR count). The fourth-order valence-corrected chi connectivity index (χ4v) is 3.60. The molecule has 6 nitrogen and oxygen atoms in total. The van der Waals surface area contributed by atoms with Crippen LogP contribution in [0.3, 0.4) is 0 Å². The molecule has 138 valence electrons. The van der Waals surface area contributed by atoms with Gasteiger partial charge in [-0.15, -0.1) is 11.8 Å². The van der Waals surface area contributed by atoms with Gasteiger partial charge in [0.1, 0.15) is 11.0 Å². The number of hydrogen-bond donors (Lipinski definition) is 2. The zero-order chi connectivity index (χ0) is 19.2. The third kappa shape index (κ3) is 4.98. The molecule has 0 aliphatic rings. The van der Waals surface area contributed by atoms with Gasteiger partial charge < -0.3 is 14.9 Å². The maximum Gasteiger partial charge on any atom is 0.335 e. The lowest BCUT2D eigenvalue weighted by Gasteiger charge is -2.16. The smallest absolute Gasteiger partial charge is 0.335 e. The van der Waals surface area contributed by atoms with Crippen LogP contribution in [0.4, 0.5) is 5.82 Å². The van der Waals surface area contributed by atoms with Gasteiger partial charge in [0.15, 0.2) is 5.82 Å². The fraction of sp³-hybridized carbons (Fsp3) is 0.150. The number of carbonyl (C=O) groups is 2. The molecule has 0 fully saturated rings. The Hall–Kier alpha value is -3.06. The lowest BCUT2D eigenvalue weighted by atomic mass is 10.1. The number of carbonyl (C=O) groups excluding carboxylic acids is 1. The minimum Gasteiger partial charge on any atom is -0.478 e. The maximum atomic E-state index is 12.8. The fourth-order valence-electron chi connectivity index (χ4n) is 2.49. The van der Waals surface area contributed by atoms with Crippen molar-refractivity contribution in [1.29, 1.82) is 0 Å². The number of carboxylic acids is 1. The Balaban J connectivity index is 1.73. The molecule has 2 N–H and O–H groups in total. The summed E-state index contributed by atoms with van der Waals surface area (Å²) in [6.45, 7) is 1.76. The van der Waals surface area contributed by atoms with Crippen molar-refractivity contribution in [2.24, 2.45) is 0 Å². The zero-order valence-electron chi connectivity index (χ0n) is 14.6. The molecule has 2 aromatic carbocycles. The van der Waals surface area contributed by atoms with E-state index in [1.807, 2.05) is 30.3 Å². The number of aromatic nitrogens is 1. The van der Waals surface area contributed by atoms with Crippen LogP contribution in [-0.2, 0) is 10.5 Å². The van der Waals surface area contributed by atoms with Gasteiger partial charge in [0.05, 0.1) is 5.56 Å². The topological polar surface area (TPSA) is 92.4 Å². The molecule has 1 atom stereocenters. The average Bonchev–Trinajstić information content (AvgIpc) is 3.08. The summed E-state index contributed by atoms with van der Waals surface area (Å²) >= 11 is 1.46. The highest BCUT2D eigenvalue weighted by atomic mass is 32.2. The molecule has 1 unspecified atom stereocenters. The molecule has 7 heteroatoms. The van der Waals surface area contributed by atoms with Crippen LogP contribution in [0.25, 0.3) is 0 Å². The van der Waals surface area contributed by atoms with E-state index in [-0.39, 0.29) is 11.5 Å². The van der Waals surface area contributed by atoms with Gasteiger partial charge in [-0.1, -0.05) is 47.6 Å². The Morgan fingerprint density at radius 3 is 2.44 bits per heavy atom. The monoisotopic (exact) mass is 382 g/mol. The Kier molecular flexibility index (Phi) is 5.93. The number of thioether (sulfide) groups is 1. The van der Waals surface area contributed by atoms with Gasteiger partial charge in [-0.2, -0.15) is 0 Å². The van der Waals surface area contributed by atoms with Crippen molar-refractivity contribution in [3.63, 3.8) is 0 Å². The molecule has 0 saturated carbocycles. The number of nitrogens with one attached hydrogen (secondary N) is 1. The van der Waals surface area contributed by atoms with Crippen molar-refractivity contribution in [3.8, 4) is 0 Å². The number of amides is 1. The van der Waals surface area contributed by atoms with Gasteiger partial charge in [0.25, 0.3) is 0 Å². The first-order valence-corrected chi connectivity index (χ1v) is 9.31. The number of carboxylic acid groups (broad SMARTS) is 1. The van der Waals surface area contributed by atoms with Crippen LogP contribution in [0.2, 0.25) is 0 Å². The van der Waals surface area contributed by atoms with Gasteiger partial charge in [0.2, 0.25) is 5.91 Å². The molecule has 0 bridgehead atoms. The van der Waals surface area contributed by atoms with Crippen molar-refractivity contribution in [1.82, 2.24) is 5.16 Å². The second-order valence-electron chi connectivity index (χ2n) is 5.92. The number of benzene rings is 2. The first-order valence-electron chi connectivity index (χ1n) is 8.26. The molecule has 1 heterocycles. The molecule has 0 aliphatic carbocycles. The number of aromatic carboxylic acids is 1. The molecule has 0 saturated heterocycles. The van der Waals surface area contributed by atoms with E-state index in [4.69, 9.17) is 9.63 Å². The Morgan fingerprint density at radius 2 is 1.85 bits per heavy atom. The lowest BCUT2D eigenvalue weighted by molar-refractivity contribution is -0.115. The Morgan fingerprint density at radius 1 is 1.15 bits per heavy atom. The van der Waals surface area contributed by atoms with Crippen molar-refractivity contribution in [3.05, 3.63) is 83.1 Å². The molecular formula is C20H18N2O4S. The van der Waals surface area contributed by atoms with Crippen LogP contribution in [-0.4, -0.2) is 22.1 Å². The number of rotatable bonds is 7. The van der Waals surface area contributed by atoms with E-state index in [9.17, 15) is 9.59 Å². The van der Waals surface area contributed by atoms with E-state index in [0.29, 0.717) is 17.3 Å².